The number of ether oxygens (including phenoxy) is 1. The van der Waals surface area contributed by atoms with Gasteiger partial charge in [0.2, 0.25) is 11.8 Å². The Morgan fingerprint density at radius 3 is 2.36 bits per heavy atom. The van der Waals surface area contributed by atoms with Crippen LogP contribution in [0.2, 0.25) is 0 Å². The molecule has 0 aromatic heterocycles. The van der Waals surface area contributed by atoms with E-state index in [1.165, 1.54) is 0 Å². The largest absolute Gasteiger partial charge is 0.435 e. The van der Waals surface area contributed by atoms with Crippen LogP contribution in [-0.4, -0.2) is 29.9 Å². The van der Waals surface area contributed by atoms with Gasteiger partial charge in [0, 0.05) is 12.8 Å². The molecule has 1 aliphatic heterocycles. The fraction of sp³-hybridized carbons (Fsp3) is 0.500. The lowest BCUT2D eigenvalue weighted by Crippen LogP contribution is -2.31. The van der Waals surface area contributed by atoms with Gasteiger partial charge in [-0.3, -0.25) is 9.59 Å². The molecule has 0 unspecified atom stereocenters. The van der Waals surface area contributed by atoms with Gasteiger partial charge in [0.05, 0.1) is 0 Å². The standard InChI is InChI=1S/C6H6NO4/c8-4-11-3-7-5(9)1-2-6(7)10/h1-3H2. The molecule has 0 spiro atoms. The first-order chi connectivity index (χ1) is 5.25. The average Bonchev–Trinajstić information content (AvgIpc) is 2.29. The van der Waals surface area contributed by atoms with Crippen molar-refractivity contribution < 1.29 is 19.1 Å². The monoisotopic (exact) mass is 156 g/mol. The predicted octanol–water partition coefficient (Wildman–Crippen LogP) is -0.823. The first kappa shape index (κ1) is 7.71. The van der Waals surface area contributed by atoms with Crippen LogP contribution in [0.5, 0.6) is 0 Å². The summed E-state index contributed by atoms with van der Waals surface area (Å²) >= 11 is 0. The molecule has 0 aromatic carbocycles. The quantitative estimate of drug-likeness (QED) is 0.500. The number of carbonyl (C=O) groups is 2. The van der Waals surface area contributed by atoms with Crippen molar-refractivity contribution in [3.63, 3.8) is 0 Å². The average molecular weight is 156 g/mol. The van der Waals surface area contributed by atoms with Crippen molar-refractivity contribution in [2.45, 2.75) is 12.8 Å². The van der Waals surface area contributed by atoms with Gasteiger partial charge < -0.3 is 4.74 Å². The molecule has 1 aliphatic rings. The Hall–Kier alpha value is -1.39. The van der Waals surface area contributed by atoms with E-state index in [1.54, 1.807) is 0 Å². The summed E-state index contributed by atoms with van der Waals surface area (Å²) < 4.78 is 4.14. The summed E-state index contributed by atoms with van der Waals surface area (Å²) in [7, 11) is 0. The van der Waals surface area contributed by atoms with Crippen LogP contribution in [0.15, 0.2) is 0 Å². The molecule has 1 radical (unpaired) electrons. The molecule has 0 atom stereocenters. The van der Waals surface area contributed by atoms with Crippen LogP contribution < -0.4 is 0 Å². The number of rotatable bonds is 3. The molecule has 59 valence electrons. The van der Waals surface area contributed by atoms with E-state index in [2.05, 4.69) is 4.74 Å². The predicted molar refractivity (Wildman–Crippen MR) is 32.7 cm³/mol. The third kappa shape index (κ3) is 1.54. The van der Waals surface area contributed by atoms with Crippen molar-refractivity contribution in [3.8, 4) is 0 Å². The maximum atomic E-state index is 10.8. The third-order valence-corrected chi connectivity index (χ3v) is 1.41. The Balaban J connectivity index is 2.47. The van der Waals surface area contributed by atoms with Crippen LogP contribution in [0.4, 0.5) is 0 Å². The van der Waals surface area contributed by atoms with E-state index in [0.29, 0.717) is 0 Å². The summed E-state index contributed by atoms with van der Waals surface area (Å²) in [6, 6.07) is 0. The van der Waals surface area contributed by atoms with Gasteiger partial charge in [0.1, 0.15) is 0 Å². The summed E-state index contributed by atoms with van der Waals surface area (Å²) in [4.78, 5) is 32.0. The van der Waals surface area contributed by atoms with E-state index in [-0.39, 0.29) is 31.4 Å². The Morgan fingerprint density at radius 2 is 1.91 bits per heavy atom. The lowest BCUT2D eigenvalue weighted by molar-refractivity contribution is -0.141. The van der Waals surface area contributed by atoms with Gasteiger partial charge in [-0.25, -0.2) is 9.69 Å². The SMILES string of the molecule is O=[C]OCN1C(=O)CCC1=O. The molecule has 11 heavy (non-hydrogen) atoms. The van der Waals surface area contributed by atoms with E-state index < -0.39 is 0 Å². The summed E-state index contributed by atoms with van der Waals surface area (Å²) in [5, 5.41) is 0. The van der Waals surface area contributed by atoms with Crippen molar-refractivity contribution in [1.29, 1.82) is 0 Å². The molecule has 2 amide bonds. The molecule has 1 heterocycles. The molecule has 1 saturated heterocycles. The zero-order chi connectivity index (χ0) is 8.27. The maximum absolute atomic E-state index is 10.8. The summed E-state index contributed by atoms with van der Waals surface area (Å²) in [5.41, 5.74) is 0. The van der Waals surface area contributed by atoms with Crippen molar-refractivity contribution >= 4 is 18.3 Å². The highest BCUT2D eigenvalue weighted by Gasteiger charge is 2.28. The lowest BCUT2D eigenvalue weighted by atomic mass is 10.4. The molecule has 0 aliphatic carbocycles. The van der Waals surface area contributed by atoms with Gasteiger partial charge in [0.25, 0.3) is 0 Å². The number of hydrogen-bond acceptors (Lipinski definition) is 4. The summed E-state index contributed by atoms with van der Waals surface area (Å²) in [6.07, 6.45) is 0.419. The number of nitrogens with zero attached hydrogens (tertiary/aromatic N) is 1. The molecule has 0 saturated carbocycles. The normalized spacial score (nSPS) is 17.3. The fourth-order valence-electron chi connectivity index (χ4n) is 0.858. The van der Waals surface area contributed by atoms with Crippen molar-refractivity contribution in [2.75, 3.05) is 6.73 Å². The topological polar surface area (TPSA) is 63.7 Å². The van der Waals surface area contributed by atoms with E-state index in [0.717, 1.165) is 11.4 Å². The van der Waals surface area contributed by atoms with Crippen LogP contribution in [0.1, 0.15) is 12.8 Å². The first-order valence-electron chi connectivity index (χ1n) is 3.08. The highest BCUT2D eigenvalue weighted by atomic mass is 16.5. The molecule has 0 aromatic rings. The second-order valence-electron chi connectivity index (χ2n) is 2.07. The Labute approximate surface area is 62.9 Å². The zero-order valence-electron chi connectivity index (χ0n) is 5.70. The van der Waals surface area contributed by atoms with Gasteiger partial charge in [-0.2, -0.15) is 0 Å². The molecule has 1 rings (SSSR count). The first-order valence-corrected chi connectivity index (χ1v) is 3.08. The molecule has 1 fully saturated rings. The minimum Gasteiger partial charge on any atom is -0.435 e. The van der Waals surface area contributed by atoms with Gasteiger partial charge in [-0.15, -0.1) is 0 Å². The maximum Gasteiger partial charge on any atom is 0.419 e. The molecular formula is C6H6NO4. The number of likely N-dealkylation sites (tertiary alicyclic amines) is 1. The van der Waals surface area contributed by atoms with Crippen LogP contribution >= 0.6 is 0 Å². The lowest BCUT2D eigenvalue weighted by Gasteiger charge is -2.09. The van der Waals surface area contributed by atoms with E-state index in [9.17, 15) is 14.4 Å². The molecule has 0 N–H and O–H groups in total. The number of hydrogen-bond donors (Lipinski definition) is 0. The molecule has 0 bridgehead atoms. The second kappa shape index (κ2) is 3.14. The number of carbonyl (C=O) groups excluding carboxylic acids is 3. The highest BCUT2D eigenvalue weighted by Crippen LogP contribution is 2.10. The molecular weight excluding hydrogens is 150 g/mol. The second-order valence-corrected chi connectivity index (χ2v) is 2.07. The Kier molecular flexibility index (Phi) is 2.20. The molecule has 5 heteroatoms. The summed E-state index contributed by atoms with van der Waals surface area (Å²) in [6.45, 7) is 0.835. The summed E-state index contributed by atoms with van der Waals surface area (Å²) in [5.74, 6) is -0.601. The van der Waals surface area contributed by atoms with E-state index in [1.807, 2.05) is 0 Å². The fourth-order valence-corrected chi connectivity index (χ4v) is 0.858. The Bertz CT molecular complexity index is 185. The third-order valence-electron chi connectivity index (χ3n) is 1.41. The smallest absolute Gasteiger partial charge is 0.419 e. The van der Waals surface area contributed by atoms with Crippen LogP contribution in [-0.2, 0) is 19.1 Å². The number of amides is 2. The van der Waals surface area contributed by atoms with E-state index in [4.69, 9.17) is 0 Å². The van der Waals surface area contributed by atoms with Gasteiger partial charge in [0.15, 0.2) is 6.73 Å². The van der Waals surface area contributed by atoms with Crippen molar-refractivity contribution in [2.24, 2.45) is 0 Å². The van der Waals surface area contributed by atoms with Gasteiger partial charge >= 0.3 is 6.47 Å². The van der Waals surface area contributed by atoms with Crippen molar-refractivity contribution in [3.05, 3.63) is 0 Å². The van der Waals surface area contributed by atoms with Crippen LogP contribution in [0.3, 0.4) is 0 Å². The van der Waals surface area contributed by atoms with Gasteiger partial charge in [-0.1, -0.05) is 0 Å². The van der Waals surface area contributed by atoms with Gasteiger partial charge in [-0.05, 0) is 0 Å². The minimum absolute atomic E-state index is 0.209. The zero-order valence-corrected chi connectivity index (χ0v) is 5.70. The highest BCUT2D eigenvalue weighted by molar-refractivity contribution is 6.01. The minimum atomic E-state index is -0.304. The van der Waals surface area contributed by atoms with Crippen LogP contribution in [0.25, 0.3) is 0 Å². The molecule has 5 nitrogen and oxygen atoms in total. The van der Waals surface area contributed by atoms with Crippen molar-refractivity contribution in [1.82, 2.24) is 4.90 Å². The van der Waals surface area contributed by atoms with E-state index >= 15 is 0 Å². The van der Waals surface area contributed by atoms with Crippen LogP contribution in [0, 0.1) is 0 Å². The Morgan fingerprint density at radius 1 is 1.36 bits per heavy atom. The number of imide groups is 1.